The molecule has 7 rings (SSSR count). The minimum atomic E-state index is -0.602. The zero-order valence-corrected chi connectivity index (χ0v) is 19.1. The number of hydrogen-bond acceptors (Lipinski definition) is 3. The summed E-state index contributed by atoms with van der Waals surface area (Å²) in [6, 6.07) is 16.9. The number of aryl methyl sites for hydroxylation is 1. The van der Waals surface area contributed by atoms with Crippen molar-refractivity contribution in [3.8, 4) is 0 Å². The van der Waals surface area contributed by atoms with Crippen LogP contribution >= 0.6 is 0 Å². The lowest BCUT2D eigenvalue weighted by molar-refractivity contribution is -0.166. The Morgan fingerprint density at radius 2 is 2.06 bits per heavy atom. The lowest BCUT2D eigenvalue weighted by Gasteiger charge is -2.57. The van der Waals surface area contributed by atoms with Crippen LogP contribution in [-0.4, -0.2) is 35.0 Å². The second-order valence-corrected chi connectivity index (χ2v) is 10.2. The molecule has 0 amide bonds. The fourth-order valence-electron chi connectivity index (χ4n) is 7.10. The number of nitrogens with zero attached hydrogens (tertiary/aromatic N) is 1. The Bertz CT molecular complexity index is 1170. The molecule has 4 bridgehead atoms. The number of aromatic nitrogens is 1. The highest BCUT2D eigenvalue weighted by molar-refractivity contribution is 5.92. The number of ether oxygens (including phenoxy) is 1. The van der Waals surface area contributed by atoms with E-state index in [1.165, 1.54) is 22.9 Å². The zero-order chi connectivity index (χ0) is 21.9. The van der Waals surface area contributed by atoms with E-state index < -0.39 is 5.41 Å². The molecule has 1 aromatic heterocycles. The van der Waals surface area contributed by atoms with Crippen LogP contribution in [-0.2, 0) is 28.0 Å². The van der Waals surface area contributed by atoms with Crippen molar-refractivity contribution < 1.29 is 9.53 Å². The summed E-state index contributed by atoms with van der Waals surface area (Å²) in [5, 5.41) is 1.29. The summed E-state index contributed by atoms with van der Waals surface area (Å²) in [7, 11) is 0. The Kier molecular flexibility index (Phi) is 4.69. The lowest BCUT2D eigenvalue weighted by atomic mass is 9.56. The predicted octanol–water partition coefficient (Wildman–Crippen LogP) is 5.13. The Morgan fingerprint density at radius 1 is 1.22 bits per heavy atom. The highest BCUT2D eigenvalue weighted by Crippen LogP contribution is 2.55. The van der Waals surface area contributed by atoms with Gasteiger partial charge in [0.25, 0.3) is 0 Å². The summed E-state index contributed by atoms with van der Waals surface area (Å²) in [5.74, 6) is 1.05. The number of nitrogens with one attached hydrogen (secondary N) is 1. The molecule has 32 heavy (non-hydrogen) atoms. The van der Waals surface area contributed by atoms with Gasteiger partial charge in [-0.05, 0) is 61.3 Å². The molecule has 1 saturated carbocycles. The number of hydrogen-bond donors (Lipinski definition) is 1. The normalized spacial score (nSPS) is 30.7. The van der Waals surface area contributed by atoms with E-state index in [9.17, 15) is 4.79 Å². The van der Waals surface area contributed by atoms with Gasteiger partial charge in [-0.1, -0.05) is 55.3 Å². The number of aromatic amines is 1. The van der Waals surface area contributed by atoms with Gasteiger partial charge in [0.1, 0.15) is 12.0 Å². The minimum Gasteiger partial charge on any atom is -0.460 e. The van der Waals surface area contributed by atoms with Crippen molar-refractivity contribution in [1.82, 2.24) is 9.88 Å². The quantitative estimate of drug-likeness (QED) is 0.586. The van der Waals surface area contributed by atoms with Gasteiger partial charge in [0, 0.05) is 35.7 Å². The predicted molar refractivity (Wildman–Crippen MR) is 127 cm³/mol. The Hall–Kier alpha value is -2.59. The lowest BCUT2D eigenvalue weighted by Crippen LogP contribution is -2.67. The molecule has 4 aliphatic rings. The van der Waals surface area contributed by atoms with Crippen LogP contribution in [0.3, 0.4) is 0 Å². The molecule has 4 heterocycles. The molecule has 5 atom stereocenters. The maximum atomic E-state index is 14.1. The van der Waals surface area contributed by atoms with E-state index in [4.69, 9.17) is 4.74 Å². The third-order valence-electron chi connectivity index (χ3n) is 8.34. The molecule has 1 N–H and O–H groups in total. The highest BCUT2D eigenvalue weighted by atomic mass is 16.5. The number of esters is 1. The van der Waals surface area contributed by atoms with Crippen LogP contribution in [0.2, 0.25) is 0 Å². The van der Waals surface area contributed by atoms with Crippen LogP contribution in [0.1, 0.15) is 48.6 Å². The molecular formula is C28H32N2O2. The van der Waals surface area contributed by atoms with E-state index in [2.05, 4.69) is 41.9 Å². The Labute approximate surface area is 190 Å². The highest BCUT2D eigenvalue weighted by Gasteiger charge is 2.62. The molecule has 2 saturated heterocycles. The number of carbonyl (C=O) groups excluding carboxylic acids is 1. The summed E-state index contributed by atoms with van der Waals surface area (Å²) < 4.78 is 6.14. The number of benzene rings is 2. The molecular weight excluding hydrogens is 396 g/mol. The molecule has 166 valence electrons. The number of fused-ring (bicyclic) bond motifs is 4. The third-order valence-corrected chi connectivity index (χ3v) is 8.34. The average molecular weight is 429 g/mol. The molecule has 3 fully saturated rings. The van der Waals surface area contributed by atoms with Crippen molar-refractivity contribution in [2.45, 2.75) is 57.6 Å². The SMILES string of the molecule is CC[C@H]1CC2CN3CCc4c([nH]c5ccc(C)cc45)[C@@](C(=O)OCc4ccccc4)(C2)C13. The van der Waals surface area contributed by atoms with Crippen molar-refractivity contribution in [3.05, 3.63) is 70.9 Å². The van der Waals surface area contributed by atoms with E-state index in [1.807, 2.05) is 30.3 Å². The first kappa shape index (κ1) is 20.0. The van der Waals surface area contributed by atoms with Gasteiger partial charge < -0.3 is 9.72 Å². The first-order valence-electron chi connectivity index (χ1n) is 12.2. The van der Waals surface area contributed by atoms with Crippen LogP contribution in [0.4, 0.5) is 0 Å². The van der Waals surface area contributed by atoms with Gasteiger partial charge in [-0.2, -0.15) is 0 Å². The first-order chi connectivity index (χ1) is 15.6. The molecule has 0 spiro atoms. The number of carbonyl (C=O) groups is 1. The molecule has 2 aromatic carbocycles. The molecule has 3 aliphatic heterocycles. The smallest absolute Gasteiger partial charge is 0.320 e. The first-order valence-corrected chi connectivity index (χ1v) is 12.2. The van der Waals surface area contributed by atoms with E-state index in [0.717, 1.165) is 49.1 Å². The zero-order valence-electron chi connectivity index (χ0n) is 19.1. The van der Waals surface area contributed by atoms with Crippen LogP contribution in [0.15, 0.2) is 48.5 Å². The van der Waals surface area contributed by atoms with Crippen LogP contribution in [0.25, 0.3) is 10.9 Å². The van der Waals surface area contributed by atoms with Gasteiger partial charge in [-0.3, -0.25) is 9.69 Å². The summed E-state index contributed by atoms with van der Waals surface area (Å²) in [4.78, 5) is 20.5. The van der Waals surface area contributed by atoms with Gasteiger partial charge >= 0.3 is 5.97 Å². The van der Waals surface area contributed by atoms with Crippen LogP contribution in [0.5, 0.6) is 0 Å². The van der Waals surface area contributed by atoms with Crippen molar-refractivity contribution in [2.24, 2.45) is 11.8 Å². The van der Waals surface area contributed by atoms with Gasteiger partial charge in [-0.25, -0.2) is 0 Å². The molecule has 3 aromatic rings. The number of rotatable bonds is 4. The Morgan fingerprint density at radius 3 is 2.88 bits per heavy atom. The fourth-order valence-corrected chi connectivity index (χ4v) is 7.10. The number of piperidine rings is 2. The van der Waals surface area contributed by atoms with E-state index in [0.29, 0.717) is 18.4 Å². The minimum absolute atomic E-state index is 0.0365. The average Bonchev–Trinajstić information content (AvgIpc) is 3.15. The van der Waals surface area contributed by atoms with E-state index >= 15 is 0 Å². The summed E-state index contributed by atoms with van der Waals surface area (Å²) in [6.07, 6.45) is 4.24. The Balaban J connectivity index is 1.50. The fraction of sp³-hybridized carbons (Fsp3) is 0.464. The van der Waals surface area contributed by atoms with Gasteiger partial charge in [0.05, 0.1) is 0 Å². The molecule has 0 radical (unpaired) electrons. The van der Waals surface area contributed by atoms with E-state index in [-0.39, 0.29) is 12.0 Å². The monoisotopic (exact) mass is 428 g/mol. The molecule has 4 nitrogen and oxygen atoms in total. The summed E-state index contributed by atoms with van der Waals surface area (Å²) in [5.41, 5.74) is 5.34. The maximum absolute atomic E-state index is 14.1. The van der Waals surface area contributed by atoms with E-state index in [1.54, 1.807) is 0 Å². The second-order valence-electron chi connectivity index (χ2n) is 10.2. The molecule has 3 unspecified atom stereocenters. The third kappa shape index (κ3) is 2.88. The van der Waals surface area contributed by atoms with Gasteiger partial charge in [-0.15, -0.1) is 0 Å². The van der Waals surface area contributed by atoms with Crippen molar-refractivity contribution in [3.63, 3.8) is 0 Å². The maximum Gasteiger partial charge on any atom is 0.320 e. The largest absolute Gasteiger partial charge is 0.460 e. The molecule has 4 heteroatoms. The van der Waals surface area contributed by atoms with Crippen LogP contribution in [0, 0.1) is 18.8 Å². The summed E-state index contributed by atoms with van der Waals surface area (Å²) in [6.45, 7) is 6.92. The second kappa shape index (κ2) is 7.48. The summed E-state index contributed by atoms with van der Waals surface area (Å²) >= 11 is 0. The van der Waals surface area contributed by atoms with Crippen molar-refractivity contribution in [2.75, 3.05) is 13.1 Å². The number of H-pyrrole nitrogens is 1. The molecule has 1 aliphatic carbocycles. The van der Waals surface area contributed by atoms with Gasteiger partial charge in [0.2, 0.25) is 0 Å². The van der Waals surface area contributed by atoms with Gasteiger partial charge in [0.15, 0.2) is 0 Å². The van der Waals surface area contributed by atoms with Crippen LogP contribution < -0.4 is 0 Å². The van der Waals surface area contributed by atoms with Crippen molar-refractivity contribution >= 4 is 16.9 Å². The topological polar surface area (TPSA) is 45.3 Å². The van der Waals surface area contributed by atoms with Crippen molar-refractivity contribution in [1.29, 1.82) is 0 Å². The standard InChI is InChI=1S/C28H32N2O2/c1-3-21-14-20-15-28(27(31)32-17-19-7-5-4-6-8-19)25-22(11-12-30(16-20)26(21)28)23-13-18(2)9-10-24(23)29-25/h4-10,13,20-21,26,29H,3,11-12,14-17H2,1-2H3/t20?,21-,26?,28-/m0/s1.